The number of hydrogen-bond donors (Lipinski definition) is 1. The fourth-order valence-electron chi connectivity index (χ4n) is 1.77. The summed E-state index contributed by atoms with van der Waals surface area (Å²) in [6.07, 6.45) is 0. The highest BCUT2D eigenvalue weighted by atomic mass is 15.2. The molecule has 2 rings (SSSR count). The van der Waals surface area contributed by atoms with Crippen molar-refractivity contribution >= 4 is 5.82 Å². The molecule has 0 spiro atoms. The lowest BCUT2D eigenvalue weighted by Gasteiger charge is -2.28. The van der Waals surface area contributed by atoms with Crippen molar-refractivity contribution in [1.29, 1.82) is 5.26 Å². The van der Waals surface area contributed by atoms with Gasteiger partial charge < -0.3 is 10.2 Å². The summed E-state index contributed by atoms with van der Waals surface area (Å²) in [5, 5.41) is 12.2. The molecule has 1 saturated heterocycles. The predicted octanol–water partition coefficient (Wildman–Crippen LogP) is 0.671. The minimum atomic E-state index is 0.691. The summed E-state index contributed by atoms with van der Waals surface area (Å²) in [5.41, 5.74) is 1.60. The van der Waals surface area contributed by atoms with Crippen LogP contribution in [0.15, 0.2) is 12.1 Å². The second-order valence-corrected chi connectivity index (χ2v) is 3.70. The van der Waals surface area contributed by atoms with Gasteiger partial charge in [0.2, 0.25) is 0 Å². The summed E-state index contributed by atoms with van der Waals surface area (Å²) in [4.78, 5) is 6.67. The molecule has 4 nitrogen and oxygen atoms in total. The number of piperazine rings is 1. The van der Waals surface area contributed by atoms with Crippen LogP contribution in [0.1, 0.15) is 11.3 Å². The van der Waals surface area contributed by atoms with Gasteiger partial charge in [-0.1, -0.05) is 0 Å². The first-order valence-electron chi connectivity index (χ1n) is 5.14. The Hall–Kier alpha value is -1.60. The van der Waals surface area contributed by atoms with E-state index in [4.69, 9.17) is 5.26 Å². The Balaban J connectivity index is 2.27. The molecular formula is C11H14N4. The zero-order chi connectivity index (χ0) is 10.7. The number of aromatic nitrogens is 1. The van der Waals surface area contributed by atoms with E-state index in [0.717, 1.165) is 37.7 Å². The van der Waals surface area contributed by atoms with E-state index in [1.807, 2.05) is 19.1 Å². The maximum absolute atomic E-state index is 8.88. The van der Waals surface area contributed by atoms with Crippen LogP contribution < -0.4 is 10.2 Å². The number of rotatable bonds is 1. The van der Waals surface area contributed by atoms with Gasteiger partial charge in [-0.15, -0.1) is 0 Å². The Labute approximate surface area is 89.5 Å². The van der Waals surface area contributed by atoms with Crippen molar-refractivity contribution in [1.82, 2.24) is 10.3 Å². The molecule has 0 aromatic carbocycles. The van der Waals surface area contributed by atoms with E-state index in [1.165, 1.54) is 0 Å². The third-order valence-electron chi connectivity index (χ3n) is 2.51. The lowest BCUT2D eigenvalue weighted by atomic mass is 10.2. The van der Waals surface area contributed by atoms with E-state index in [9.17, 15) is 0 Å². The third kappa shape index (κ3) is 2.25. The molecule has 1 N–H and O–H groups in total. The Bertz CT molecular complexity index is 388. The van der Waals surface area contributed by atoms with Crippen molar-refractivity contribution in [2.24, 2.45) is 0 Å². The Morgan fingerprint density at radius 2 is 2.13 bits per heavy atom. The summed E-state index contributed by atoms with van der Waals surface area (Å²) < 4.78 is 0. The van der Waals surface area contributed by atoms with Gasteiger partial charge in [-0.2, -0.15) is 5.26 Å². The number of nitriles is 1. The molecule has 0 unspecified atom stereocenters. The van der Waals surface area contributed by atoms with Crippen LogP contribution in [0.3, 0.4) is 0 Å². The van der Waals surface area contributed by atoms with E-state index < -0.39 is 0 Å². The molecule has 1 aliphatic heterocycles. The molecule has 1 aliphatic rings. The summed E-state index contributed by atoms with van der Waals surface area (Å²) in [5.74, 6) is 0.924. The number of nitrogens with one attached hydrogen (secondary N) is 1. The normalized spacial score (nSPS) is 16.1. The second-order valence-electron chi connectivity index (χ2n) is 3.70. The largest absolute Gasteiger partial charge is 0.354 e. The highest BCUT2D eigenvalue weighted by molar-refractivity contribution is 5.46. The van der Waals surface area contributed by atoms with Crippen molar-refractivity contribution in [2.75, 3.05) is 31.1 Å². The fraction of sp³-hybridized carbons (Fsp3) is 0.455. The Morgan fingerprint density at radius 3 is 2.80 bits per heavy atom. The summed E-state index contributed by atoms with van der Waals surface area (Å²) in [6, 6.07) is 5.84. The maximum atomic E-state index is 8.88. The van der Waals surface area contributed by atoms with Gasteiger partial charge in [0, 0.05) is 31.9 Å². The molecule has 4 heteroatoms. The standard InChI is InChI=1S/C11H14N4/c1-9-6-10(8-12)7-11(14-9)15-4-2-13-3-5-15/h6-7,13H,2-5H2,1H3. The number of pyridine rings is 1. The van der Waals surface area contributed by atoms with Crippen LogP contribution in [0, 0.1) is 18.3 Å². The molecular weight excluding hydrogens is 188 g/mol. The summed E-state index contributed by atoms with van der Waals surface area (Å²) >= 11 is 0. The highest BCUT2D eigenvalue weighted by Gasteiger charge is 2.12. The first-order chi connectivity index (χ1) is 7.29. The van der Waals surface area contributed by atoms with Gasteiger partial charge in [0.1, 0.15) is 5.82 Å². The van der Waals surface area contributed by atoms with Gasteiger partial charge in [-0.25, -0.2) is 4.98 Å². The van der Waals surface area contributed by atoms with E-state index in [1.54, 1.807) is 0 Å². The quantitative estimate of drug-likeness (QED) is 0.727. The van der Waals surface area contributed by atoms with Crippen molar-refractivity contribution in [2.45, 2.75) is 6.92 Å². The van der Waals surface area contributed by atoms with Crippen LogP contribution in [0.5, 0.6) is 0 Å². The van der Waals surface area contributed by atoms with E-state index >= 15 is 0 Å². The molecule has 0 aliphatic carbocycles. The molecule has 78 valence electrons. The third-order valence-corrected chi connectivity index (χ3v) is 2.51. The van der Waals surface area contributed by atoms with Crippen LogP contribution >= 0.6 is 0 Å². The molecule has 2 heterocycles. The van der Waals surface area contributed by atoms with Crippen LogP contribution in [-0.4, -0.2) is 31.2 Å². The van der Waals surface area contributed by atoms with Gasteiger partial charge >= 0.3 is 0 Å². The minimum Gasteiger partial charge on any atom is -0.354 e. The van der Waals surface area contributed by atoms with Crippen LogP contribution in [0.2, 0.25) is 0 Å². The molecule has 0 bridgehead atoms. The van der Waals surface area contributed by atoms with E-state index in [2.05, 4.69) is 21.3 Å². The maximum Gasteiger partial charge on any atom is 0.130 e. The van der Waals surface area contributed by atoms with Crippen LogP contribution in [0.4, 0.5) is 5.82 Å². The molecule has 1 aromatic rings. The first kappa shape index (κ1) is 9.94. The average Bonchev–Trinajstić information content (AvgIpc) is 2.29. The number of nitrogens with zero attached hydrogens (tertiary/aromatic N) is 3. The van der Waals surface area contributed by atoms with Gasteiger partial charge in [-0.3, -0.25) is 0 Å². The highest BCUT2D eigenvalue weighted by Crippen LogP contribution is 2.14. The predicted molar refractivity (Wildman–Crippen MR) is 58.8 cm³/mol. The van der Waals surface area contributed by atoms with Crippen LogP contribution in [0.25, 0.3) is 0 Å². The van der Waals surface area contributed by atoms with Crippen molar-refractivity contribution in [3.8, 4) is 6.07 Å². The van der Waals surface area contributed by atoms with Crippen LogP contribution in [-0.2, 0) is 0 Å². The van der Waals surface area contributed by atoms with E-state index in [-0.39, 0.29) is 0 Å². The molecule has 0 amide bonds. The Kier molecular flexibility index (Phi) is 2.84. The average molecular weight is 202 g/mol. The zero-order valence-electron chi connectivity index (χ0n) is 8.82. The second kappa shape index (κ2) is 4.28. The van der Waals surface area contributed by atoms with Gasteiger partial charge in [0.05, 0.1) is 11.6 Å². The lowest BCUT2D eigenvalue weighted by molar-refractivity contribution is 0.584. The van der Waals surface area contributed by atoms with Crippen molar-refractivity contribution in [3.63, 3.8) is 0 Å². The number of hydrogen-bond acceptors (Lipinski definition) is 4. The molecule has 15 heavy (non-hydrogen) atoms. The van der Waals surface area contributed by atoms with Gasteiger partial charge in [0.15, 0.2) is 0 Å². The molecule has 0 saturated carbocycles. The van der Waals surface area contributed by atoms with E-state index in [0.29, 0.717) is 5.56 Å². The molecule has 0 radical (unpaired) electrons. The molecule has 0 atom stereocenters. The monoisotopic (exact) mass is 202 g/mol. The first-order valence-corrected chi connectivity index (χ1v) is 5.14. The summed E-state index contributed by atoms with van der Waals surface area (Å²) in [7, 11) is 0. The smallest absolute Gasteiger partial charge is 0.130 e. The Morgan fingerprint density at radius 1 is 1.40 bits per heavy atom. The lowest BCUT2D eigenvalue weighted by Crippen LogP contribution is -2.43. The topological polar surface area (TPSA) is 52.0 Å². The number of anilines is 1. The van der Waals surface area contributed by atoms with Crippen molar-refractivity contribution < 1.29 is 0 Å². The van der Waals surface area contributed by atoms with Gasteiger partial charge in [-0.05, 0) is 19.1 Å². The zero-order valence-corrected chi connectivity index (χ0v) is 8.82. The van der Waals surface area contributed by atoms with Crippen molar-refractivity contribution in [3.05, 3.63) is 23.4 Å². The minimum absolute atomic E-state index is 0.691. The number of aryl methyl sites for hydroxylation is 1. The van der Waals surface area contributed by atoms with Gasteiger partial charge in [0.25, 0.3) is 0 Å². The SMILES string of the molecule is Cc1cc(C#N)cc(N2CCNCC2)n1. The fourth-order valence-corrected chi connectivity index (χ4v) is 1.77. The molecule has 1 aromatic heterocycles. The molecule has 1 fully saturated rings. The summed E-state index contributed by atoms with van der Waals surface area (Å²) in [6.45, 7) is 5.81.